The minimum atomic E-state index is -1.08. The Kier molecular flexibility index (Phi) is 4.67. The van der Waals surface area contributed by atoms with Crippen LogP contribution in [-0.2, 0) is 6.54 Å². The number of allylic oxidation sites excluding steroid dienone is 1. The Balaban J connectivity index is 1.63. The van der Waals surface area contributed by atoms with Crippen molar-refractivity contribution in [1.29, 1.82) is 0 Å². The molecule has 1 N–H and O–H groups in total. The maximum Gasteiger partial charge on any atom is 0.335 e. The highest BCUT2D eigenvalue weighted by Gasteiger charge is 2.23. The average Bonchev–Trinajstić information content (AvgIpc) is 3.30. The van der Waals surface area contributed by atoms with E-state index in [9.17, 15) is 19.1 Å². The summed E-state index contributed by atoms with van der Waals surface area (Å²) in [5.74, 6) is -0.954. The molecule has 0 atom stereocenters. The number of benzene rings is 2. The molecule has 9 heteroatoms. The molecule has 0 saturated carbocycles. The number of hydrogen-bond donors (Lipinski definition) is 1. The second kappa shape index (κ2) is 7.42. The van der Waals surface area contributed by atoms with Crippen LogP contribution in [-0.4, -0.2) is 30.4 Å². The van der Waals surface area contributed by atoms with Crippen LogP contribution in [0.2, 0.25) is 5.15 Å². The fourth-order valence-corrected chi connectivity index (χ4v) is 4.22. The third-order valence-electron chi connectivity index (χ3n) is 5.53. The number of carboxylic acids is 1. The summed E-state index contributed by atoms with van der Waals surface area (Å²) in [7, 11) is 0. The van der Waals surface area contributed by atoms with Gasteiger partial charge >= 0.3 is 5.97 Å². The van der Waals surface area contributed by atoms with Gasteiger partial charge in [0.25, 0.3) is 5.56 Å². The van der Waals surface area contributed by atoms with Gasteiger partial charge in [0, 0.05) is 12.1 Å². The van der Waals surface area contributed by atoms with E-state index in [1.165, 1.54) is 35.0 Å². The van der Waals surface area contributed by atoms with E-state index < -0.39 is 5.97 Å². The summed E-state index contributed by atoms with van der Waals surface area (Å²) >= 11 is 6.60. The van der Waals surface area contributed by atoms with Gasteiger partial charge in [0.2, 0.25) is 0 Å². The lowest BCUT2D eigenvalue weighted by molar-refractivity contribution is 0.0697. The summed E-state index contributed by atoms with van der Waals surface area (Å²) in [5, 5.41) is 14.5. The zero-order valence-electron chi connectivity index (χ0n) is 16.8. The number of carboxylic acid groups (broad SMARTS) is 1. The zero-order valence-corrected chi connectivity index (χ0v) is 17.6. The van der Waals surface area contributed by atoms with E-state index in [0.717, 1.165) is 5.57 Å². The quantitative estimate of drug-likeness (QED) is 0.502. The lowest BCUT2D eigenvalue weighted by Crippen LogP contribution is -2.21. The van der Waals surface area contributed by atoms with Crippen molar-refractivity contribution < 1.29 is 14.3 Å². The molecule has 3 heterocycles. The third-order valence-corrected chi connectivity index (χ3v) is 5.90. The average molecular weight is 451 g/mol. The summed E-state index contributed by atoms with van der Waals surface area (Å²) in [5.41, 5.74) is 2.95. The summed E-state index contributed by atoms with van der Waals surface area (Å²) in [4.78, 5) is 28.8. The lowest BCUT2D eigenvalue weighted by atomic mass is 10.1. The van der Waals surface area contributed by atoms with Gasteiger partial charge in [-0.15, -0.1) is 0 Å². The van der Waals surface area contributed by atoms with Gasteiger partial charge in [0.05, 0.1) is 27.8 Å². The molecule has 1 aliphatic rings. The summed E-state index contributed by atoms with van der Waals surface area (Å²) in [6, 6.07) is 10.1. The molecule has 4 aromatic rings. The van der Waals surface area contributed by atoms with Crippen molar-refractivity contribution in [1.82, 2.24) is 19.3 Å². The van der Waals surface area contributed by atoms with Gasteiger partial charge in [-0.2, -0.15) is 5.10 Å². The number of carbonyl (C=O) groups is 1. The van der Waals surface area contributed by atoms with E-state index in [4.69, 9.17) is 11.6 Å². The van der Waals surface area contributed by atoms with Gasteiger partial charge in [0.15, 0.2) is 0 Å². The molecule has 0 fully saturated rings. The maximum absolute atomic E-state index is 13.3. The lowest BCUT2D eigenvalue weighted by Gasteiger charge is -2.06. The number of aryl methyl sites for hydroxylation is 1. The molecule has 160 valence electrons. The molecular weight excluding hydrogens is 435 g/mol. The fraction of sp³-hybridized carbons (Fsp3) is 0.130. The second-order valence-electron chi connectivity index (χ2n) is 7.53. The maximum atomic E-state index is 13.3. The molecule has 0 radical (unpaired) electrons. The predicted molar refractivity (Wildman–Crippen MR) is 119 cm³/mol. The Hall–Kier alpha value is -3.78. The van der Waals surface area contributed by atoms with E-state index in [0.29, 0.717) is 51.8 Å². The minimum Gasteiger partial charge on any atom is -0.478 e. The molecule has 0 unspecified atom stereocenters. The fourth-order valence-electron chi connectivity index (χ4n) is 3.89. The molecular formula is C23H16ClFN4O3. The first-order valence-electron chi connectivity index (χ1n) is 9.83. The highest BCUT2D eigenvalue weighted by Crippen LogP contribution is 2.32. The number of aromatic carboxylic acids is 1. The number of aromatic nitrogens is 4. The van der Waals surface area contributed by atoms with Crippen LogP contribution in [0.5, 0.6) is 0 Å². The Labute approximate surface area is 186 Å². The smallest absolute Gasteiger partial charge is 0.335 e. The molecule has 7 nitrogen and oxygen atoms in total. The van der Waals surface area contributed by atoms with E-state index in [1.54, 1.807) is 16.7 Å². The first kappa shape index (κ1) is 20.1. The largest absolute Gasteiger partial charge is 0.478 e. The second-order valence-corrected chi connectivity index (χ2v) is 7.88. The normalized spacial score (nSPS) is 14.3. The molecule has 1 aliphatic heterocycles. The summed E-state index contributed by atoms with van der Waals surface area (Å²) < 4.78 is 16.4. The highest BCUT2D eigenvalue weighted by molar-refractivity contribution is 6.31. The van der Waals surface area contributed by atoms with Crippen molar-refractivity contribution in [3.63, 3.8) is 0 Å². The molecule has 2 aromatic heterocycles. The van der Waals surface area contributed by atoms with Crippen LogP contribution in [0, 0.1) is 12.7 Å². The Bertz CT molecular complexity index is 1500. The Morgan fingerprint density at radius 1 is 1.22 bits per heavy atom. The number of hydrogen-bond acceptors (Lipinski definition) is 4. The number of halogens is 2. The third kappa shape index (κ3) is 3.20. The number of nitrogens with zero attached hydrogens (tertiary/aromatic N) is 4. The molecule has 0 bridgehead atoms. The van der Waals surface area contributed by atoms with Crippen LogP contribution in [0.4, 0.5) is 4.39 Å². The van der Waals surface area contributed by atoms with E-state index in [1.807, 2.05) is 13.0 Å². The molecule has 0 amide bonds. The van der Waals surface area contributed by atoms with Crippen molar-refractivity contribution in [3.8, 4) is 5.69 Å². The van der Waals surface area contributed by atoms with Crippen LogP contribution in [0.25, 0.3) is 28.2 Å². The standard InChI is InChI=1S/C23H16ClFN4O3/c1-12-18(20(24)29(27-12)16-5-3-15(25)4-6-16)10-13-8-9-28-21(13)26-19-11-14(23(31)32)2-7-17(19)22(28)30/h2-7,10-11H,8-9H2,1H3,(H,31,32)/b13-10+. The van der Waals surface area contributed by atoms with Gasteiger partial charge in [-0.3, -0.25) is 9.36 Å². The van der Waals surface area contributed by atoms with Gasteiger partial charge in [-0.1, -0.05) is 11.6 Å². The van der Waals surface area contributed by atoms with Crippen molar-refractivity contribution in [2.45, 2.75) is 19.9 Å². The molecule has 0 saturated heterocycles. The minimum absolute atomic E-state index is 0.0670. The Morgan fingerprint density at radius 3 is 2.69 bits per heavy atom. The van der Waals surface area contributed by atoms with Gasteiger partial charge in [-0.25, -0.2) is 18.9 Å². The van der Waals surface area contributed by atoms with Crippen LogP contribution in [0.15, 0.2) is 47.3 Å². The zero-order chi connectivity index (χ0) is 22.6. The van der Waals surface area contributed by atoms with Gasteiger partial charge in [-0.05, 0) is 67.5 Å². The first-order chi connectivity index (χ1) is 15.3. The monoisotopic (exact) mass is 450 g/mol. The van der Waals surface area contributed by atoms with Crippen LogP contribution < -0.4 is 5.56 Å². The number of rotatable bonds is 3. The molecule has 5 rings (SSSR count). The predicted octanol–water partition coefficient (Wildman–Crippen LogP) is 4.33. The number of fused-ring (bicyclic) bond motifs is 2. The van der Waals surface area contributed by atoms with Crippen LogP contribution in [0.1, 0.15) is 33.9 Å². The van der Waals surface area contributed by atoms with Crippen molar-refractivity contribution >= 4 is 40.1 Å². The topological polar surface area (TPSA) is 90.0 Å². The van der Waals surface area contributed by atoms with Crippen molar-refractivity contribution in [2.75, 3.05) is 0 Å². The SMILES string of the molecule is Cc1nn(-c2ccc(F)cc2)c(Cl)c1/C=C1\CCn2c1nc1cc(C(=O)O)ccc1c2=O. The first-order valence-corrected chi connectivity index (χ1v) is 10.2. The van der Waals surface area contributed by atoms with Crippen molar-refractivity contribution in [3.05, 3.63) is 86.4 Å². The van der Waals surface area contributed by atoms with E-state index in [2.05, 4.69) is 10.1 Å². The molecule has 0 spiro atoms. The summed E-state index contributed by atoms with van der Waals surface area (Å²) in [6.45, 7) is 2.28. The van der Waals surface area contributed by atoms with E-state index >= 15 is 0 Å². The highest BCUT2D eigenvalue weighted by atomic mass is 35.5. The Morgan fingerprint density at radius 2 is 1.97 bits per heavy atom. The van der Waals surface area contributed by atoms with Gasteiger partial charge < -0.3 is 5.11 Å². The summed E-state index contributed by atoms with van der Waals surface area (Å²) in [6.07, 6.45) is 2.42. The van der Waals surface area contributed by atoms with Crippen LogP contribution >= 0.6 is 11.6 Å². The molecule has 32 heavy (non-hydrogen) atoms. The molecule has 0 aliphatic carbocycles. The molecule has 2 aromatic carbocycles. The van der Waals surface area contributed by atoms with Crippen LogP contribution in [0.3, 0.4) is 0 Å². The van der Waals surface area contributed by atoms with Crippen molar-refractivity contribution in [2.24, 2.45) is 0 Å². The van der Waals surface area contributed by atoms with Gasteiger partial charge in [0.1, 0.15) is 16.8 Å². The van der Waals surface area contributed by atoms with E-state index in [-0.39, 0.29) is 16.9 Å².